The van der Waals surface area contributed by atoms with E-state index in [1.165, 1.54) is 13.2 Å². The van der Waals surface area contributed by atoms with Gasteiger partial charge in [0.2, 0.25) is 5.76 Å². The predicted molar refractivity (Wildman–Crippen MR) is 111 cm³/mol. The molecule has 7 heteroatoms. The van der Waals surface area contributed by atoms with Crippen LogP contribution in [-0.4, -0.2) is 20.2 Å². The number of carbonyl (C=O) groups is 1. The number of para-hydroxylation sites is 1. The van der Waals surface area contributed by atoms with E-state index in [4.69, 9.17) is 18.6 Å². The molecule has 0 saturated heterocycles. The van der Waals surface area contributed by atoms with Gasteiger partial charge < -0.3 is 18.6 Å². The second-order valence-corrected chi connectivity index (χ2v) is 6.56. The number of rotatable bonds is 6. The third-order valence-electron chi connectivity index (χ3n) is 3.99. The summed E-state index contributed by atoms with van der Waals surface area (Å²) in [5, 5.41) is 9.60. The van der Waals surface area contributed by atoms with E-state index < -0.39 is 5.97 Å². The highest BCUT2D eigenvalue weighted by molar-refractivity contribution is 9.10. The molecular weight excluding hydrogens is 438 g/mol. The maximum absolute atomic E-state index is 12.2. The average molecular weight is 454 g/mol. The molecular formula is C22H16BrNO5. The van der Waals surface area contributed by atoms with Crippen molar-refractivity contribution in [1.29, 1.82) is 5.26 Å². The molecule has 0 aliphatic heterocycles. The zero-order valence-electron chi connectivity index (χ0n) is 15.6. The van der Waals surface area contributed by atoms with Crippen LogP contribution in [0.15, 0.2) is 63.7 Å². The Hall–Kier alpha value is -3.50. The van der Waals surface area contributed by atoms with Gasteiger partial charge in [-0.2, -0.15) is 5.26 Å². The van der Waals surface area contributed by atoms with E-state index >= 15 is 0 Å². The molecule has 3 aromatic rings. The molecule has 0 radical (unpaired) electrons. The first-order valence-corrected chi connectivity index (χ1v) is 9.25. The van der Waals surface area contributed by atoms with Gasteiger partial charge in [0.15, 0.2) is 16.2 Å². The molecule has 6 nitrogen and oxygen atoms in total. The number of ether oxygens (including phenoxy) is 3. The van der Waals surface area contributed by atoms with E-state index in [1.54, 1.807) is 43.5 Å². The molecule has 0 aliphatic carbocycles. The van der Waals surface area contributed by atoms with Crippen LogP contribution in [0.3, 0.4) is 0 Å². The Morgan fingerprint density at radius 1 is 1.03 bits per heavy atom. The average Bonchev–Trinajstić information content (AvgIpc) is 3.19. The number of hydrogen-bond acceptors (Lipinski definition) is 6. The van der Waals surface area contributed by atoms with Crippen LogP contribution in [0.1, 0.15) is 21.7 Å². The van der Waals surface area contributed by atoms with E-state index in [0.717, 1.165) is 0 Å². The Morgan fingerprint density at radius 2 is 1.79 bits per heavy atom. The fourth-order valence-electron chi connectivity index (χ4n) is 2.64. The van der Waals surface area contributed by atoms with Gasteiger partial charge in [0.1, 0.15) is 5.75 Å². The van der Waals surface area contributed by atoms with Gasteiger partial charge in [-0.05, 0) is 64.0 Å². The number of nitriles is 1. The molecule has 0 N–H and O–H groups in total. The van der Waals surface area contributed by atoms with Crippen molar-refractivity contribution in [1.82, 2.24) is 0 Å². The van der Waals surface area contributed by atoms with Crippen molar-refractivity contribution in [3.05, 3.63) is 76.2 Å². The molecule has 0 aliphatic rings. The topological polar surface area (TPSA) is 81.7 Å². The van der Waals surface area contributed by atoms with Crippen LogP contribution in [0.4, 0.5) is 0 Å². The molecule has 146 valence electrons. The van der Waals surface area contributed by atoms with Crippen LogP contribution in [0.2, 0.25) is 0 Å². The number of esters is 1. The highest BCUT2D eigenvalue weighted by atomic mass is 79.9. The van der Waals surface area contributed by atoms with Gasteiger partial charge in [0.05, 0.1) is 25.9 Å². The summed E-state index contributed by atoms with van der Waals surface area (Å²) >= 11 is 3.14. The van der Waals surface area contributed by atoms with Crippen LogP contribution in [0.25, 0.3) is 11.6 Å². The Bertz CT molecular complexity index is 1110. The molecule has 3 rings (SSSR count). The molecule has 29 heavy (non-hydrogen) atoms. The minimum atomic E-state index is -0.649. The van der Waals surface area contributed by atoms with E-state index in [2.05, 4.69) is 22.0 Å². The van der Waals surface area contributed by atoms with Crippen molar-refractivity contribution in [2.75, 3.05) is 14.2 Å². The fourth-order valence-corrected chi connectivity index (χ4v) is 2.94. The van der Waals surface area contributed by atoms with Gasteiger partial charge in [-0.25, -0.2) is 4.79 Å². The van der Waals surface area contributed by atoms with E-state index in [1.807, 2.05) is 18.2 Å². The minimum absolute atomic E-state index is 0.0610. The number of furan rings is 1. The van der Waals surface area contributed by atoms with Crippen molar-refractivity contribution < 1.29 is 23.4 Å². The lowest BCUT2D eigenvalue weighted by atomic mass is 10.0. The third kappa shape index (κ3) is 4.68. The molecule has 0 unspecified atom stereocenters. The summed E-state index contributed by atoms with van der Waals surface area (Å²) in [4.78, 5) is 12.2. The summed E-state index contributed by atoms with van der Waals surface area (Å²) in [5.41, 5.74) is 1.80. The van der Waals surface area contributed by atoms with Gasteiger partial charge in [-0.15, -0.1) is 0 Å². The second-order valence-electron chi connectivity index (χ2n) is 5.77. The smallest absolute Gasteiger partial charge is 0.379 e. The highest BCUT2D eigenvalue weighted by Crippen LogP contribution is 2.32. The van der Waals surface area contributed by atoms with E-state index in [-0.39, 0.29) is 11.5 Å². The van der Waals surface area contributed by atoms with E-state index in [9.17, 15) is 10.1 Å². The number of allylic oxidation sites excluding steroid dienone is 1. The number of nitrogens with zero attached hydrogens (tertiary/aromatic N) is 1. The summed E-state index contributed by atoms with van der Waals surface area (Å²) in [6.45, 7) is 0. The predicted octanol–water partition coefficient (Wildman–Crippen LogP) is 5.34. The fraction of sp³-hybridized carbons (Fsp3) is 0.0909. The molecule has 1 heterocycles. The summed E-state index contributed by atoms with van der Waals surface area (Å²) < 4.78 is 21.7. The normalized spacial score (nSPS) is 10.9. The summed E-state index contributed by atoms with van der Waals surface area (Å²) in [5.74, 6) is 0.588. The first-order chi connectivity index (χ1) is 14.0. The lowest BCUT2D eigenvalue weighted by molar-refractivity contribution is 0.0695. The molecule has 0 saturated carbocycles. The molecule has 1 aromatic heterocycles. The first-order valence-electron chi connectivity index (χ1n) is 8.46. The van der Waals surface area contributed by atoms with Crippen molar-refractivity contribution in [2.24, 2.45) is 0 Å². The number of halogens is 1. The van der Waals surface area contributed by atoms with Crippen molar-refractivity contribution >= 4 is 33.5 Å². The lowest BCUT2D eigenvalue weighted by Gasteiger charge is -2.10. The summed E-state index contributed by atoms with van der Waals surface area (Å²) in [6, 6.07) is 17.5. The molecule has 0 spiro atoms. The van der Waals surface area contributed by atoms with Crippen LogP contribution in [0, 0.1) is 11.3 Å². The SMILES string of the molecule is COc1cc(/C=C(/C#N)c2ccccc2OC)ccc1OC(=O)c1ccc(Br)o1. The Morgan fingerprint density at radius 3 is 2.45 bits per heavy atom. The van der Waals surface area contributed by atoms with Gasteiger partial charge in [0.25, 0.3) is 0 Å². The van der Waals surface area contributed by atoms with Gasteiger partial charge in [-0.1, -0.05) is 18.2 Å². The monoisotopic (exact) mass is 453 g/mol. The summed E-state index contributed by atoms with van der Waals surface area (Å²) in [7, 11) is 3.02. The quantitative estimate of drug-likeness (QED) is 0.216. The number of hydrogen-bond donors (Lipinski definition) is 0. The van der Waals surface area contributed by atoms with E-state index in [0.29, 0.717) is 32.9 Å². The van der Waals surface area contributed by atoms with Crippen molar-refractivity contribution in [3.8, 4) is 23.3 Å². The first kappa shape index (κ1) is 20.2. The Balaban J connectivity index is 1.90. The molecule has 0 fully saturated rings. The van der Waals surface area contributed by atoms with Crippen LogP contribution < -0.4 is 14.2 Å². The summed E-state index contributed by atoms with van der Waals surface area (Å²) in [6.07, 6.45) is 1.70. The second kappa shape index (κ2) is 9.13. The molecule has 0 bridgehead atoms. The number of methoxy groups -OCH3 is 2. The number of carbonyl (C=O) groups excluding carboxylic acids is 1. The highest BCUT2D eigenvalue weighted by Gasteiger charge is 2.16. The van der Waals surface area contributed by atoms with Gasteiger partial charge in [-0.3, -0.25) is 0 Å². The van der Waals surface area contributed by atoms with Gasteiger partial charge >= 0.3 is 5.97 Å². The molecule has 2 aromatic carbocycles. The lowest BCUT2D eigenvalue weighted by Crippen LogP contribution is -2.08. The maximum atomic E-state index is 12.2. The zero-order chi connectivity index (χ0) is 20.8. The third-order valence-corrected chi connectivity index (χ3v) is 4.42. The minimum Gasteiger partial charge on any atom is -0.496 e. The standard InChI is InChI=1S/C22H16BrNO5/c1-26-17-6-4-3-5-16(17)15(13-24)11-14-7-8-18(20(12-14)27-2)29-22(25)19-9-10-21(23)28-19/h3-12H,1-2H3/b15-11-. The number of benzene rings is 2. The Labute approximate surface area is 176 Å². The van der Waals surface area contributed by atoms with Crippen molar-refractivity contribution in [3.63, 3.8) is 0 Å². The van der Waals surface area contributed by atoms with Crippen LogP contribution in [-0.2, 0) is 0 Å². The zero-order valence-corrected chi connectivity index (χ0v) is 17.2. The maximum Gasteiger partial charge on any atom is 0.379 e. The largest absolute Gasteiger partial charge is 0.496 e. The Kier molecular flexibility index (Phi) is 6.37. The van der Waals surface area contributed by atoms with Crippen molar-refractivity contribution in [2.45, 2.75) is 0 Å². The van der Waals surface area contributed by atoms with Crippen LogP contribution in [0.5, 0.6) is 17.2 Å². The molecule has 0 amide bonds. The van der Waals surface area contributed by atoms with Gasteiger partial charge in [0, 0.05) is 5.56 Å². The van der Waals surface area contributed by atoms with Crippen LogP contribution >= 0.6 is 15.9 Å². The molecule has 0 atom stereocenters.